The summed E-state index contributed by atoms with van der Waals surface area (Å²) in [4.78, 5) is 27.0. The topological polar surface area (TPSA) is 49.4 Å². The molecular weight excluding hydrogens is 367 g/mol. The SMILES string of the molecule is CC(C)(C)c1ccc(C(=O)N2CCC(C(=O)NCc3ccccc3F)CC2)cc1. The molecule has 2 aromatic rings. The van der Waals surface area contributed by atoms with Crippen molar-refractivity contribution in [3.63, 3.8) is 0 Å². The zero-order valence-electron chi connectivity index (χ0n) is 17.4. The molecule has 0 aliphatic carbocycles. The highest BCUT2D eigenvalue weighted by Gasteiger charge is 2.28. The smallest absolute Gasteiger partial charge is 0.253 e. The minimum absolute atomic E-state index is 0.00988. The predicted octanol–water partition coefficient (Wildman–Crippen LogP) is 4.29. The van der Waals surface area contributed by atoms with E-state index in [1.54, 1.807) is 18.2 Å². The third-order valence-electron chi connectivity index (χ3n) is 5.56. The first-order chi connectivity index (χ1) is 13.8. The van der Waals surface area contributed by atoms with Crippen LogP contribution >= 0.6 is 0 Å². The van der Waals surface area contributed by atoms with E-state index < -0.39 is 0 Å². The van der Waals surface area contributed by atoms with Crippen LogP contribution in [0, 0.1) is 11.7 Å². The maximum absolute atomic E-state index is 13.7. The highest BCUT2D eigenvalue weighted by molar-refractivity contribution is 5.94. The summed E-state index contributed by atoms with van der Waals surface area (Å²) in [6, 6.07) is 14.2. The molecule has 0 bridgehead atoms. The van der Waals surface area contributed by atoms with Crippen molar-refractivity contribution in [2.75, 3.05) is 13.1 Å². The lowest BCUT2D eigenvalue weighted by Gasteiger charge is -2.31. The van der Waals surface area contributed by atoms with E-state index in [4.69, 9.17) is 0 Å². The van der Waals surface area contributed by atoms with Gasteiger partial charge < -0.3 is 10.2 Å². The van der Waals surface area contributed by atoms with Crippen LogP contribution in [0.15, 0.2) is 48.5 Å². The lowest BCUT2D eigenvalue weighted by atomic mass is 9.86. The van der Waals surface area contributed by atoms with Crippen LogP contribution in [0.5, 0.6) is 0 Å². The average molecular weight is 397 g/mol. The van der Waals surface area contributed by atoms with Crippen molar-refractivity contribution in [3.8, 4) is 0 Å². The number of hydrogen-bond donors (Lipinski definition) is 1. The van der Waals surface area contributed by atoms with Crippen LogP contribution in [0.1, 0.15) is 55.1 Å². The van der Waals surface area contributed by atoms with Gasteiger partial charge in [0.1, 0.15) is 5.82 Å². The Morgan fingerprint density at radius 1 is 1.03 bits per heavy atom. The summed E-state index contributed by atoms with van der Waals surface area (Å²) in [5, 5.41) is 2.82. The van der Waals surface area contributed by atoms with E-state index in [1.165, 1.54) is 11.6 Å². The quantitative estimate of drug-likeness (QED) is 0.838. The maximum atomic E-state index is 13.7. The Morgan fingerprint density at radius 3 is 2.24 bits per heavy atom. The monoisotopic (exact) mass is 396 g/mol. The maximum Gasteiger partial charge on any atom is 0.253 e. The van der Waals surface area contributed by atoms with E-state index in [-0.39, 0.29) is 35.5 Å². The fourth-order valence-electron chi connectivity index (χ4n) is 3.61. The average Bonchev–Trinajstić information content (AvgIpc) is 2.72. The van der Waals surface area contributed by atoms with Gasteiger partial charge in [-0.2, -0.15) is 0 Å². The molecule has 2 amide bonds. The van der Waals surface area contributed by atoms with Crippen molar-refractivity contribution in [3.05, 3.63) is 71.0 Å². The van der Waals surface area contributed by atoms with Crippen LogP contribution in [-0.4, -0.2) is 29.8 Å². The molecule has 0 atom stereocenters. The van der Waals surface area contributed by atoms with Gasteiger partial charge in [-0.3, -0.25) is 9.59 Å². The van der Waals surface area contributed by atoms with Crippen molar-refractivity contribution in [1.29, 1.82) is 0 Å². The number of piperidine rings is 1. The van der Waals surface area contributed by atoms with Crippen LogP contribution in [0.4, 0.5) is 4.39 Å². The Hall–Kier alpha value is -2.69. The minimum atomic E-state index is -0.314. The Bertz CT molecular complexity index is 863. The number of carbonyl (C=O) groups excluding carboxylic acids is 2. The summed E-state index contributed by atoms with van der Waals surface area (Å²) in [6.45, 7) is 7.73. The summed E-state index contributed by atoms with van der Waals surface area (Å²) in [5.41, 5.74) is 2.41. The van der Waals surface area contributed by atoms with Gasteiger partial charge in [-0.25, -0.2) is 4.39 Å². The molecular formula is C24H29FN2O2. The molecule has 1 heterocycles. The summed E-state index contributed by atoms with van der Waals surface area (Å²) in [5.74, 6) is -0.523. The lowest BCUT2D eigenvalue weighted by molar-refractivity contribution is -0.126. The number of benzene rings is 2. The second kappa shape index (κ2) is 8.76. The summed E-state index contributed by atoms with van der Waals surface area (Å²) in [7, 11) is 0. The summed E-state index contributed by atoms with van der Waals surface area (Å²) in [6.07, 6.45) is 1.24. The minimum Gasteiger partial charge on any atom is -0.352 e. The molecule has 3 rings (SSSR count). The number of carbonyl (C=O) groups is 2. The molecule has 2 aromatic carbocycles. The molecule has 0 spiro atoms. The van der Waals surface area contributed by atoms with Crippen LogP contribution in [0.3, 0.4) is 0 Å². The largest absolute Gasteiger partial charge is 0.352 e. The zero-order chi connectivity index (χ0) is 21.0. The highest BCUT2D eigenvalue weighted by Crippen LogP contribution is 2.24. The Labute approximate surface area is 172 Å². The van der Waals surface area contributed by atoms with E-state index in [2.05, 4.69) is 26.1 Å². The zero-order valence-corrected chi connectivity index (χ0v) is 17.4. The van der Waals surface area contributed by atoms with Gasteiger partial charge in [-0.15, -0.1) is 0 Å². The van der Waals surface area contributed by atoms with Gasteiger partial charge in [0.25, 0.3) is 5.91 Å². The van der Waals surface area contributed by atoms with Gasteiger partial charge >= 0.3 is 0 Å². The number of halogens is 1. The Balaban J connectivity index is 1.51. The van der Waals surface area contributed by atoms with Gasteiger partial charge in [0.2, 0.25) is 5.91 Å². The van der Waals surface area contributed by atoms with Gasteiger partial charge in [-0.05, 0) is 42.0 Å². The molecule has 1 fully saturated rings. The van der Waals surface area contributed by atoms with Gasteiger partial charge in [0.15, 0.2) is 0 Å². The predicted molar refractivity (Wildman–Crippen MR) is 112 cm³/mol. The first kappa shape index (κ1) is 21.0. The van der Waals surface area contributed by atoms with Crippen LogP contribution in [0.2, 0.25) is 0 Å². The molecule has 29 heavy (non-hydrogen) atoms. The van der Waals surface area contributed by atoms with Crippen LogP contribution in [0.25, 0.3) is 0 Å². The number of hydrogen-bond acceptors (Lipinski definition) is 2. The number of nitrogens with one attached hydrogen (secondary N) is 1. The van der Waals surface area contributed by atoms with E-state index in [0.29, 0.717) is 37.1 Å². The molecule has 154 valence electrons. The number of likely N-dealkylation sites (tertiary alicyclic amines) is 1. The van der Waals surface area contributed by atoms with E-state index in [0.717, 1.165) is 0 Å². The van der Waals surface area contributed by atoms with Crippen LogP contribution < -0.4 is 5.32 Å². The second-order valence-corrected chi connectivity index (χ2v) is 8.70. The van der Waals surface area contributed by atoms with Crippen molar-refractivity contribution < 1.29 is 14.0 Å². The molecule has 0 unspecified atom stereocenters. The van der Waals surface area contributed by atoms with Crippen molar-refractivity contribution in [1.82, 2.24) is 10.2 Å². The summed E-state index contributed by atoms with van der Waals surface area (Å²) >= 11 is 0. The number of amides is 2. The van der Waals surface area contributed by atoms with Gasteiger partial charge in [0.05, 0.1) is 0 Å². The molecule has 1 N–H and O–H groups in total. The molecule has 1 aliphatic heterocycles. The van der Waals surface area contributed by atoms with Crippen molar-refractivity contribution >= 4 is 11.8 Å². The first-order valence-electron chi connectivity index (χ1n) is 10.2. The van der Waals surface area contributed by atoms with Crippen molar-refractivity contribution in [2.24, 2.45) is 5.92 Å². The third-order valence-corrected chi connectivity index (χ3v) is 5.56. The molecule has 0 radical (unpaired) electrons. The second-order valence-electron chi connectivity index (χ2n) is 8.70. The number of nitrogens with zero attached hydrogens (tertiary/aromatic N) is 1. The van der Waals surface area contributed by atoms with E-state index in [9.17, 15) is 14.0 Å². The Morgan fingerprint density at radius 2 is 1.66 bits per heavy atom. The molecule has 0 aromatic heterocycles. The fraction of sp³-hybridized carbons (Fsp3) is 0.417. The summed E-state index contributed by atoms with van der Waals surface area (Å²) < 4.78 is 13.7. The van der Waals surface area contributed by atoms with Crippen molar-refractivity contribution in [2.45, 2.75) is 45.6 Å². The number of rotatable bonds is 4. The molecule has 1 saturated heterocycles. The fourth-order valence-corrected chi connectivity index (χ4v) is 3.61. The molecule has 1 aliphatic rings. The molecule has 5 heteroatoms. The highest BCUT2D eigenvalue weighted by atomic mass is 19.1. The van der Waals surface area contributed by atoms with E-state index >= 15 is 0 Å². The lowest BCUT2D eigenvalue weighted by Crippen LogP contribution is -2.43. The molecule has 4 nitrogen and oxygen atoms in total. The first-order valence-corrected chi connectivity index (χ1v) is 10.2. The van der Waals surface area contributed by atoms with E-state index in [1.807, 2.05) is 29.2 Å². The normalized spacial score (nSPS) is 15.2. The third kappa shape index (κ3) is 5.22. The van der Waals surface area contributed by atoms with Crippen LogP contribution in [-0.2, 0) is 16.8 Å². The van der Waals surface area contributed by atoms with Gasteiger partial charge in [-0.1, -0.05) is 51.1 Å². The molecule has 0 saturated carbocycles. The van der Waals surface area contributed by atoms with Gasteiger partial charge in [0, 0.05) is 36.7 Å². The Kier molecular flexibility index (Phi) is 6.36. The standard InChI is InChI=1S/C24H29FN2O2/c1-24(2,3)20-10-8-18(9-11-20)23(29)27-14-12-17(13-15-27)22(28)26-16-19-6-4-5-7-21(19)25/h4-11,17H,12-16H2,1-3H3,(H,26,28).